The number of rotatable bonds is 6. The topological polar surface area (TPSA) is 65.2 Å². The maximum Gasteiger partial charge on any atom is 0.257 e. The summed E-state index contributed by atoms with van der Waals surface area (Å²) in [4.78, 5) is 17.1. The molecule has 162 valence electrons. The highest BCUT2D eigenvalue weighted by atomic mass is 16.2. The van der Waals surface area contributed by atoms with Crippen LogP contribution in [0.1, 0.15) is 53.9 Å². The number of piperidine rings is 1. The Balaban J connectivity index is 1.13. The number of aromatic nitrogens is 2. The summed E-state index contributed by atoms with van der Waals surface area (Å²) < 4.78 is 1.66. The highest BCUT2D eigenvalue weighted by molar-refractivity contribution is 5.94. The normalized spacial score (nSPS) is 25.6. The molecule has 2 aliphatic heterocycles. The van der Waals surface area contributed by atoms with Gasteiger partial charge < -0.3 is 4.90 Å². The van der Waals surface area contributed by atoms with Gasteiger partial charge in [-0.2, -0.15) is 10.4 Å². The van der Waals surface area contributed by atoms with Crippen LogP contribution in [0.15, 0.2) is 42.7 Å². The van der Waals surface area contributed by atoms with Crippen LogP contribution >= 0.6 is 0 Å². The molecule has 0 N–H and O–H groups in total. The van der Waals surface area contributed by atoms with Crippen LogP contribution in [0, 0.1) is 23.2 Å². The van der Waals surface area contributed by atoms with Crippen molar-refractivity contribution in [1.82, 2.24) is 19.6 Å². The summed E-state index contributed by atoms with van der Waals surface area (Å²) in [5.41, 5.74) is 1.97. The lowest BCUT2D eigenvalue weighted by molar-refractivity contribution is -0.0530. The van der Waals surface area contributed by atoms with Gasteiger partial charge in [0, 0.05) is 26.3 Å². The van der Waals surface area contributed by atoms with Crippen LogP contribution in [0.25, 0.3) is 0 Å². The van der Waals surface area contributed by atoms with Crippen molar-refractivity contribution in [3.05, 3.63) is 53.9 Å². The first-order valence-electron chi connectivity index (χ1n) is 11.5. The lowest BCUT2D eigenvalue weighted by Gasteiger charge is -2.56. The van der Waals surface area contributed by atoms with Crippen molar-refractivity contribution in [2.75, 3.05) is 26.2 Å². The largest absolute Gasteiger partial charge is 0.335 e. The first kappa shape index (κ1) is 20.3. The number of carbonyl (C=O) groups is 1. The summed E-state index contributed by atoms with van der Waals surface area (Å²) >= 11 is 0. The minimum atomic E-state index is -0.163. The molecule has 3 heterocycles. The van der Waals surface area contributed by atoms with Crippen molar-refractivity contribution >= 4 is 5.91 Å². The van der Waals surface area contributed by atoms with Crippen molar-refractivity contribution in [3.8, 4) is 6.07 Å². The third-order valence-electron chi connectivity index (χ3n) is 7.69. The summed E-state index contributed by atoms with van der Waals surface area (Å²) in [5, 5.41) is 13.6. The highest BCUT2D eigenvalue weighted by Gasteiger charge is 2.50. The molecule has 6 nitrogen and oxygen atoms in total. The maximum absolute atomic E-state index is 12.7. The molecule has 1 saturated carbocycles. The smallest absolute Gasteiger partial charge is 0.257 e. The zero-order chi connectivity index (χ0) is 21.4. The second-order valence-electron chi connectivity index (χ2n) is 9.80. The number of hydrogen-bond acceptors (Lipinski definition) is 4. The number of benzene rings is 1. The Morgan fingerprint density at radius 3 is 2.61 bits per heavy atom. The second kappa shape index (κ2) is 8.12. The third-order valence-corrected chi connectivity index (χ3v) is 7.69. The standard InChI is InChI=1S/C25H31N5O/c1-28-16-22(15-27-28)24(31)29-17-25(18-29,9-10-26)30-11-7-19(8-12-30)13-21-14-23(21)20-5-3-2-4-6-20/h2-6,15-16,19,21,23H,7-9,11-14,17-18H2,1H3/t21-,23?/m1/s1. The van der Waals surface area contributed by atoms with Crippen LogP contribution < -0.4 is 0 Å². The molecule has 1 aliphatic carbocycles. The van der Waals surface area contributed by atoms with Gasteiger partial charge in [0.15, 0.2) is 0 Å². The average Bonchev–Trinajstić information content (AvgIpc) is 3.39. The van der Waals surface area contributed by atoms with E-state index in [4.69, 9.17) is 0 Å². The van der Waals surface area contributed by atoms with E-state index in [1.165, 1.54) is 31.2 Å². The van der Waals surface area contributed by atoms with Crippen molar-refractivity contribution in [2.45, 2.75) is 43.6 Å². The minimum Gasteiger partial charge on any atom is -0.335 e. The van der Waals surface area contributed by atoms with E-state index < -0.39 is 0 Å². The number of aryl methyl sites for hydroxylation is 1. The van der Waals surface area contributed by atoms with Crippen molar-refractivity contribution in [1.29, 1.82) is 5.26 Å². The van der Waals surface area contributed by atoms with Gasteiger partial charge in [-0.1, -0.05) is 30.3 Å². The van der Waals surface area contributed by atoms with E-state index in [-0.39, 0.29) is 11.4 Å². The predicted octanol–water partition coefficient (Wildman–Crippen LogP) is 3.43. The van der Waals surface area contributed by atoms with E-state index in [9.17, 15) is 10.1 Å². The molecule has 1 aromatic heterocycles. The maximum atomic E-state index is 12.7. The monoisotopic (exact) mass is 417 g/mol. The highest BCUT2D eigenvalue weighted by Crippen LogP contribution is 2.52. The van der Waals surface area contributed by atoms with Crippen LogP contribution in [0.5, 0.6) is 0 Å². The number of hydrogen-bond donors (Lipinski definition) is 0. The Bertz CT molecular complexity index is 963. The Hall–Kier alpha value is -2.65. The van der Waals surface area contributed by atoms with Crippen LogP contribution in [0.2, 0.25) is 0 Å². The van der Waals surface area contributed by atoms with Gasteiger partial charge in [0.1, 0.15) is 0 Å². The van der Waals surface area contributed by atoms with Crippen LogP contribution in [0.3, 0.4) is 0 Å². The van der Waals surface area contributed by atoms with Crippen molar-refractivity contribution in [2.24, 2.45) is 18.9 Å². The summed E-state index contributed by atoms with van der Waals surface area (Å²) in [6.07, 6.45) is 8.98. The zero-order valence-electron chi connectivity index (χ0n) is 18.3. The minimum absolute atomic E-state index is 0.0252. The van der Waals surface area contributed by atoms with Crippen LogP contribution in [-0.4, -0.2) is 57.2 Å². The molecule has 31 heavy (non-hydrogen) atoms. The zero-order valence-corrected chi connectivity index (χ0v) is 18.3. The Labute approximate surface area is 184 Å². The van der Waals surface area contributed by atoms with E-state index in [2.05, 4.69) is 46.4 Å². The Kier molecular flexibility index (Phi) is 5.31. The predicted molar refractivity (Wildman–Crippen MR) is 118 cm³/mol. The number of amides is 1. The molecular formula is C25H31N5O. The fraction of sp³-hybridized carbons (Fsp3) is 0.560. The fourth-order valence-corrected chi connectivity index (χ4v) is 5.78. The Morgan fingerprint density at radius 2 is 1.97 bits per heavy atom. The molecule has 5 rings (SSSR count). The van der Waals surface area contributed by atoms with E-state index >= 15 is 0 Å². The molecule has 0 radical (unpaired) electrons. The average molecular weight is 418 g/mol. The van der Waals surface area contributed by atoms with E-state index in [1.54, 1.807) is 17.1 Å². The molecule has 1 unspecified atom stereocenters. The van der Waals surface area contributed by atoms with E-state index in [1.807, 2.05) is 11.9 Å². The number of likely N-dealkylation sites (tertiary alicyclic amines) is 2. The second-order valence-corrected chi connectivity index (χ2v) is 9.80. The Morgan fingerprint density at radius 1 is 1.23 bits per heavy atom. The SMILES string of the molecule is Cn1cc(C(=O)N2CC(CC#N)(N3CCC(C[C@@H]4CC4c4ccccc4)CC3)C2)cn1. The summed E-state index contributed by atoms with van der Waals surface area (Å²) in [5.74, 6) is 2.44. The molecule has 1 aromatic carbocycles. The molecular weight excluding hydrogens is 386 g/mol. The molecule has 3 aliphatic rings. The lowest BCUT2D eigenvalue weighted by Crippen LogP contribution is -2.72. The van der Waals surface area contributed by atoms with E-state index in [0.717, 1.165) is 30.8 Å². The molecule has 0 spiro atoms. The molecule has 2 saturated heterocycles. The summed E-state index contributed by atoms with van der Waals surface area (Å²) in [7, 11) is 1.82. The number of carbonyl (C=O) groups excluding carboxylic acids is 1. The van der Waals surface area contributed by atoms with Gasteiger partial charge in [-0.15, -0.1) is 0 Å². The fourth-order valence-electron chi connectivity index (χ4n) is 5.78. The van der Waals surface area contributed by atoms with Gasteiger partial charge in [-0.3, -0.25) is 14.4 Å². The first-order valence-corrected chi connectivity index (χ1v) is 11.5. The lowest BCUT2D eigenvalue weighted by atomic mass is 9.80. The molecule has 1 amide bonds. The molecule has 2 aromatic rings. The van der Waals surface area contributed by atoms with Crippen molar-refractivity contribution < 1.29 is 4.79 Å². The van der Waals surface area contributed by atoms with Gasteiger partial charge >= 0.3 is 0 Å². The van der Waals surface area contributed by atoms with Gasteiger partial charge in [0.2, 0.25) is 0 Å². The quantitative estimate of drug-likeness (QED) is 0.722. The van der Waals surface area contributed by atoms with Crippen LogP contribution in [0.4, 0.5) is 0 Å². The first-order chi connectivity index (χ1) is 15.1. The number of nitrogens with zero attached hydrogens (tertiary/aromatic N) is 5. The molecule has 3 fully saturated rings. The van der Waals surface area contributed by atoms with Gasteiger partial charge in [-0.25, -0.2) is 0 Å². The van der Waals surface area contributed by atoms with Gasteiger partial charge in [-0.05, 0) is 62.1 Å². The summed E-state index contributed by atoms with van der Waals surface area (Å²) in [6.45, 7) is 3.39. The van der Waals surface area contributed by atoms with Crippen LogP contribution in [-0.2, 0) is 7.05 Å². The molecule has 2 atom stereocenters. The summed E-state index contributed by atoms with van der Waals surface area (Å²) in [6, 6.07) is 13.3. The number of nitriles is 1. The molecule has 0 bridgehead atoms. The van der Waals surface area contributed by atoms with Gasteiger partial charge in [0.05, 0.1) is 29.8 Å². The van der Waals surface area contributed by atoms with Gasteiger partial charge in [0.25, 0.3) is 5.91 Å². The van der Waals surface area contributed by atoms with Crippen molar-refractivity contribution in [3.63, 3.8) is 0 Å². The molecule has 6 heteroatoms. The third kappa shape index (κ3) is 3.99. The van der Waals surface area contributed by atoms with E-state index in [0.29, 0.717) is 25.1 Å².